The number of pyridine rings is 1. The van der Waals surface area contributed by atoms with Crippen molar-refractivity contribution in [1.29, 1.82) is 0 Å². The fourth-order valence-corrected chi connectivity index (χ4v) is 3.37. The van der Waals surface area contributed by atoms with Gasteiger partial charge < -0.3 is 15.2 Å². The van der Waals surface area contributed by atoms with Crippen LogP contribution in [0.15, 0.2) is 48.5 Å². The van der Waals surface area contributed by atoms with Gasteiger partial charge in [-0.3, -0.25) is 4.79 Å². The van der Waals surface area contributed by atoms with Crippen molar-refractivity contribution in [2.75, 3.05) is 18.4 Å². The molecule has 0 aliphatic rings. The Morgan fingerprint density at radius 3 is 2.68 bits per heavy atom. The Labute approximate surface area is 163 Å². The summed E-state index contributed by atoms with van der Waals surface area (Å²) in [6.45, 7) is 5.13. The highest BCUT2D eigenvalue weighted by atomic mass is 16.1. The van der Waals surface area contributed by atoms with Crippen molar-refractivity contribution in [3.05, 3.63) is 65.5 Å². The molecule has 0 spiro atoms. The molecule has 2 aromatic carbocycles. The molecule has 0 aliphatic carbocycles. The first-order valence-electron chi connectivity index (χ1n) is 9.34. The maximum absolute atomic E-state index is 12.4. The Hall–Kier alpha value is -3.41. The maximum atomic E-state index is 12.4. The Balaban J connectivity index is 1.37. The number of carbonyl (C=O) groups is 1. The van der Waals surface area contributed by atoms with E-state index in [1.165, 1.54) is 5.56 Å². The fourth-order valence-electron chi connectivity index (χ4n) is 3.37. The van der Waals surface area contributed by atoms with Gasteiger partial charge in [-0.15, -0.1) is 0 Å². The summed E-state index contributed by atoms with van der Waals surface area (Å²) in [6.07, 6.45) is 0. The van der Waals surface area contributed by atoms with Gasteiger partial charge in [-0.1, -0.05) is 18.2 Å². The topological polar surface area (TPSA) is 71.8 Å². The van der Waals surface area contributed by atoms with Gasteiger partial charge in [0.1, 0.15) is 11.6 Å². The number of carbonyl (C=O) groups excluding carboxylic acids is 1. The lowest BCUT2D eigenvalue weighted by molar-refractivity contribution is 0.0955. The fraction of sp³-hybridized carbons (Fsp3) is 0.227. The molecule has 0 aliphatic heterocycles. The predicted molar refractivity (Wildman–Crippen MR) is 113 cm³/mol. The summed E-state index contributed by atoms with van der Waals surface area (Å²) >= 11 is 0. The Morgan fingerprint density at radius 1 is 1.00 bits per heavy atom. The molecule has 2 aromatic heterocycles. The number of para-hydroxylation sites is 1. The van der Waals surface area contributed by atoms with E-state index in [2.05, 4.69) is 33.6 Å². The highest BCUT2D eigenvalue weighted by molar-refractivity contribution is 5.97. The van der Waals surface area contributed by atoms with Gasteiger partial charge in [0, 0.05) is 31.1 Å². The van der Waals surface area contributed by atoms with Crippen LogP contribution in [0, 0.1) is 13.8 Å². The average molecular weight is 373 g/mol. The standard InChI is InChI=1S/C22H23N5O/c1-14-12-21(26-18-7-5-4-6-17(14)18)23-10-11-24-22(28)16-8-9-20-19(13-16)25-15(2)27(20)3/h4-9,12-13H,10-11H2,1-3H3,(H,23,26)(H,24,28). The first-order valence-corrected chi connectivity index (χ1v) is 9.34. The number of aryl methyl sites for hydroxylation is 3. The molecule has 6 heteroatoms. The highest BCUT2D eigenvalue weighted by Crippen LogP contribution is 2.19. The number of anilines is 1. The van der Waals surface area contributed by atoms with Crippen LogP contribution < -0.4 is 10.6 Å². The second kappa shape index (κ2) is 7.31. The number of hydrogen-bond acceptors (Lipinski definition) is 4. The van der Waals surface area contributed by atoms with Gasteiger partial charge in [-0.05, 0) is 49.7 Å². The molecule has 0 unspecified atom stereocenters. The third kappa shape index (κ3) is 3.41. The number of nitrogens with one attached hydrogen (secondary N) is 2. The molecule has 0 atom stereocenters. The molecule has 0 fully saturated rings. The zero-order valence-corrected chi connectivity index (χ0v) is 16.3. The van der Waals surface area contributed by atoms with Crippen molar-refractivity contribution in [2.45, 2.75) is 13.8 Å². The Bertz CT molecular complexity index is 1180. The van der Waals surface area contributed by atoms with Crippen molar-refractivity contribution >= 4 is 33.7 Å². The number of nitrogens with zero attached hydrogens (tertiary/aromatic N) is 3. The lowest BCUT2D eigenvalue weighted by atomic mass is 10.1. The first-order chi connectivity index (χ1) is 13.5. The Morgan fingerprint density at radius 2 is 1.82 bits per heavy atom. The third-order valence-electron chi connectivity index (χ3n) is 5.01. The molecule has 142 valence electrons. The van der Waals surface area contributed by atoms with Crippen LogP contribution in [0.4, 0.5) is 5.82 Å². The summed E-state index contributed by atoms with van der Waals surface area (Å²) in [5.41, 5.74) is 4.62. The van der Waals surface area contributed by atoms with E-state index in [0.29, 0.717) is 18.7 Å². The number of benzene rings is 2. The molecular weight excluding hydrogens is 350 g/mol. The highest BCUT2D eigenvalue weighted by Gasteiger charge is 2.10. The number of aromatic nitrogens is 3. The maximum Gasteiger partial charge on any atom is 0.251 e. The molecule has 4 aromatic rings. The summed E-state index contributed by atoms with van der Waals surface area (Å²) in [7, 11) is 1.97. The SMILES string of the molecule is Cc1cc(NCCNC(=O)c2ccc3c(c2)nc(C)n3C)nc2ccccc12. The van der Waals surface area contributed by atoms with E-state index >= 15 is 0 Å². The van der Waals surface area contributed by atoms with Crippen LogP contribution in [0.5, 0.6) is 0 Å². The van der Waals surface area contributed by atoms with Gasteiger partial charge in [0.15, 0.2) is 0 Å². The molecule has 2 N–H and O–H groups in total. The molecule has 28 heavy (non-hydrogen) atoms. The van der Waals surface area contributed by atoms with Crippen molar-refractivity contribution in [1.82, 2.24) is 19.9 Å². The lowest BCUT2D eigenvalue weighted by Gasteiger charge is -2.10. The van der Waals surface area contributed by atoms with Crippen LogP contribution >= 0.6 is 0 Å². The minimum atomic E-state index is -0.102. The van der Waals surface area contributed by atoms with E-state index in [9.17, 15) is 4.79 Å². The van der Waals surface area contributed by atoms with Crippen LogP contribution in [0.25, 0.3) is 21.9 Å². The summed E-state index contributed by atoms with van der Waals surface area (Å²) in [5.74, 6) is 1.64. The number of imidazole rings is 1. The van der Waals surface area contributed by atoms with Gasteiger partial charge >= 0.3 is 0 Å². The van der Waals surface area contributed by atoms with E-state index in [1.807, 2.05) is 61.0 Å². The first kappa shape index (κ1) is 18.0. The van der Waals surface area contributed by atoms with Crippen molar-refractivity contribution in [2.24, 2.45) is 7.05 Å². The van der Waals surface area contributed by atoms with E-state index in [1.54, 1.807) is 0 Å². The van der Waals surface area contributed by atoms with Crippen LogP contribution in [0.1, 0.15) is 21.7 Å². The zero-order chi connectivity index (χ0) is 19.7. The molecule has 0 radical (unpaired) electrons. The lowest BCUT2D eigenvalue weighted by Crippen LogP contribution is -2.28. The van der Waals surface area contributed by atoms with Gasteiger partial charge in [-0.2, -0.15) is 0 Å². The number of rotatable bonds is 5. The molecular formula is C22H23N5O. The van der Waals surface area contributed by atoms with Crippen molar-refractivity contribution < 1.29 is 4.79 Å². The van der Waals surface area contributed by atoms with Crippen molar-refractivity contribution in [3.8, 4) is 0 Å². The molecule has 4 rings (SSSR count). The van der Waals surface area contributed by atoms with E-state index < -0.39 is 0 Å². The molecule has 0 saturated carbocycles. The number of fused-ring (bicyclic) bond motifs is 2. The summed E-state index contributed by atoms with van der Waals surface area (Å²) in [6, 6.07) is 15.7. The smallest absolute Gasteiger partial charge is 0.251 e. The predicted octanol–water partition coefficient (Wildman–Crippen LogP) is 3.58. The second-order valence-electron chi connectivity index (χ2n) is 6.95. The Kier molecular flexibility index (Phi) is 4.69. The monoisotopic (exact) mass is 373 g/mol. The van der Waals surface area contributed by atoms with Crippen LogP contribution in [0.3, 0.4) is 0 Å². The van der Waals surface area contributed by atoms with Gasteiger partial charge in [0.2, 0.25) is 0 Å². The van der Waals surface area contributed by atoms with E-state index in [4.69, 9.17) is 0 Å². The molecule has 0 saturated heterocycles. The second-order valence-corrected chi connectivity index (χ2v) is 6.95. The average Bonchev–Trinajstić information content (AvgIpc) is 2.98. The summed E-state index contributed by atoms with van der Waals surface area (Å²) in [5, 5.41) is 7.38. The molecule has 0 bridgehead atoms. The molecule has 2 heterocycles. The van der Waals surface area contributed by atoms with Crippen molar-refractivity contribution in [3.63, 3.8) is 0 Å². The molecule has 1 amide bonds. The summed E-state index contributed by atoms with van der Waals surface area (Å²) < 4.78 is 2.01. The van der Waals surface area contributed by atoms with E-state index in [0.717, 1.165) is 33.6 Å². The van der Waals surface area contributed by atoms with Gasteiger partial charge in [0.25, 0.3) is 5.91 Å². The van der Waals surface area contributed by atoms with Crippen LogP contribution in [0.2, 0.25) is 0 Å². The quantitative estimate of drug-likeness (QED) is 0.525. The van der Waals surface area contributed by atoms with E-state index in [-0.39, 0.29) is 5.91 Å². The number of amides is 1. The number of hydrogen-bond donors (Lipinski definition) is 2. The van der Waals surface area contributed by atoms with Gasteiger partial charge in [-0.25, -0.2) is 9.97 Å². The minimum Gasteiger partial charge on any atom is -0.368 e. The largest absolute Gasteiger partial charge is 0.368 e. The normalized spacial score (nSPS) is 11.1. The van der Waals surface area contributed by atoms with Crippen LogP contribution in [-0.4, -0.2) is 33.5 Å². The minimum absolute atomic E-state index is 0.102. The van der Waals surface area contributed by atoms with Crippen LogP contribution in [-0.2, 0) is 7.05 Å². The third-order valence-corrected chi connectivity index (χ3v) is 5.01. The summed E-state index contributed by atoms with van der Waals surface area (Å²) in [4.78, 5) is 21.5. The molecule has 6 nitrogen and oxygen atoms in total. The van der Waals surface area contributed by atoms with Gasteiger partial charge in [0.05, 0.1) is 16.6 Å². The zero-order valence-electron chi connectivity index (χ0n) is 16.3.